The average Bonchev–Trinajstić information content (AvgIpc) is 1.69. The summed E-state index contributed by atoms with van der Waals surface area (Å²) in [6.45, 7) is 5.17. The molecule has 0 aromatic rings. The van der Waals surface area contributed by atoms with Gasteiger partial charge in [0.1, 0.15) is 0 Å². The normalized spacial score (nSPS) is 5.71. The fourth-order valence-electron chi connectivity index (χ4n) is 0.207. The summed E-state index contributed by atoms with van der Waals surface area (Å²) in [7, 11) is 11.8. The Morgan fingerprint density at radius 3 is 2.29 bits per heavy atom. The Bertz CT molecular complexity index is 41.4. The molecule has 0 spiro atoms. The van der Waals surface area contributed by atoms with Crippen LogP contribution in [0.3, 0.4) is 0 Å². The van der Waals surface area contributed by atoms with Crippen LogP contribution in [0.4, 0.5) is 0 Å². The van der Waals surface area contributed by atoms with Crippen LogP contribution in [0, 0.1) is 0 Å². The molecule has 24 valence electrons. The molecular weight excluding hydrogens is 76.9 g/mol. The van der Waals surface area contributed by atoms with Crippen LogP contribution in [0.25, 0.3) is 0 Å². The first-order valence-corrected chi connectivity index (χ1v) is 2.07. The van der Waals surface area contributed by atoms with Crippen molar-refractivity contribution in [3.8, 4) is 0 Å². The van der Waals surface area contributed by atoms with Gasteiger partial charge in [-0.2, -0.15) is 0 Å². The molecule has 0 atom stereocenters. The van der Waals surface area contributed by atoms with Crippen LogP contribution < -0.4 is 0 Å². The molecule has 0 aromatic carbocycles. The van der Waals surface area contributed by atoms with Crippen LogP contribution in [0.1, 0.15) is 0 Å². The summed E-state index contributed by atoms with van der Waals surface area (Å²) in [5.41, 5.74) is 0. The van der Waals surface area contributed by atoms with Crippen molar-refractivity contribution in [2.24, 2.45) is 0 Å². The molecule has 6 heteroatoms. The van der Waals surface area contributed by atoms with E-state index in [1.165, 1.54) is 7.06 Å². The minimum atomic E-state index is 1.47. The summed E-state index contributed by atoms with van der Waals surface area (Å²) in [6.07, 6.45) is 0. The van der Waals surface area contributed by atoms with Crippen LogP contribution >= 0.6 is 0 Å². The van der Waals surface area contributed by atoms with E-state index in [1.54, 1.807) is 13.9 Å². The molecule has 0 saturated carbocycles. The molecule has 0 aliphatic carbocycles. The first-order chi connectivity index (χ1) is 3.41. The van der Waals surface area contributed by atoms with Crippen molar-refractivity contribution in [1.29, 1.82) is 0 Å². The van der Waals surface area contributed by atoms with Crippen LogP contribution in [0.2, 0.25) is 0 Å². The summed E-state index contributed by atoms with van der Waals surface area (Å²) < 4.78 is 0. The maximum atomic E-state index is 5.00. The molecular formula is CH2B6. The van der Waals surface area contributed by atoms with E-state index < -0.39 is 0 Å². The summed E-state index contributed by atoms with van der Waals surface area (Å²) in [6, 6.07) is 0. The molecule has 0 aromatic heterocycles. The summed E-state index contributed by atoms with van der Waals surface area (Å²) in [5.74, 6) is 0. The van der Waals surface area contributed by atoms with E-state index in [2.05, 4.69) is 6.47 Å². The third-order valence-electron chi connectivity index (χ3n) is 0.469. The molecule has 0 N–H and O–H groups in total. The van der Waals surface area contributed by atoms with Crippen LogP contribution in [0.5, 0.6) is 0 Å². The monoisotopic (exact) mass is 80.1 g/mol. The van der Waals surface area contributed by atoms with E-state index in [9.17, 15) is 0 Å². The van der Waals surface area contributed by atoms with E-state index in [-0.39, 0.29) is 0 Å². The van der Waals surface area contributed by atoms with Gasteiger partial charge < -0.3 is 0 Å². The second-order valence-electron chi connectivity index (χ2n) is 1.01. The summed E-state index contributed by atoms with van der Waals surface area (Å²) in [5, 5.41) is 0. The van der Waals surface area contributed by atoms with Crippen molar-refractivity contribution in [2.45, 2.75) is 0 Å². The van der Waals surface area contributed by atoms with Gasteiger partial charge in [0.15, 0.2) is 0 Å². The second-order valence-corrected chi connectivity index (χ2v) is 1.01. The first-order valence-electron chi connectivity index (χ1n) is 2.07. The van der Waals surface area contributed by atoms with E-state index in [1.807, 2.05) is 14.1 Å². The van der Waals surface area contributed by atoms with Crippen LogP contribution in [-0.4, -0.2) is 49.3 Å². The van der Waals surface area contributed by atoms with Gasteiger partial charge in [-0.05, 0) is 0 Å². The minimum absolute atomic E-state index is 1.47. The molecule has 0 aliphatic rings. The Balaban J connectivity index is 2.56. The van der Waals surface area contributed by atoms with Crippen molar-refractivity contribution < 1.29 is 0 Å². The zero-order chi connectivity index (χ0) is 5.54. The van der Waals surface area contributed by atoms with E-state index >= 15 is 0 Å². The number of rotatable bonds is 4. The summed E-state index contributed by atoms with van der Waals surface area (Å²) in [4.78, 5) is 0. The van der Waals surface area contributed by atoms with Crippen molar-refractivity contribution in [3.63, 3.8) is 0 Å². The Morgan fingerprint density at radius 2 is 1.86 bits per heavy atom. The Kier molecular flexibility index (Phi) is 6.49. The van der Waals surface area contributed by atoms with Gasteiger partial charge in [0, 0.05) is 0 Å². The molecule has 0 rings (SSSR count). The molecule has 0 aliphatic heterocycles. The SMILES string of the molecule is [B][B][B][B][B]B=C. The molecule has 7 heavy (non-hydrogen) atoms. The van der Waals surface area contributed by atoms with E-state index in [4.69, 9.17) is 7.74 Å². The fraction of sp³-hybridized carbons (Fsp3) is 0. The second kappa shape index (κ2) is 6.26. The van der Waals surface area contributed by atoms with Gasteiger partial charge in [-0.15, -0.1) is 0 Å². The molecule has 6 radical (unpaired) electrons. The molecule has 0 heterocycles. The van der Waals surface area contributed by atoms with Crippen molar-refractivity contribution in [2.75, 3.05) is 0 Å². The van der Waals surface area contributed by atoms with E-state index in [0.717, 1.165) is 0 Å². The Hall–Kier alpha value is 0.260. The maximum absolute atomic E-state index is 5.00. The van der Waals surface area contributed by atoms with Crippen molar-refractivity contribution in [3.05, 3.63) is 0 Å². The van der Waals surface area contributed by atoms with E-state index in [0.29, 0.717) is 0 Å². The third-order valence-corrected chi connectivity index (χ3v) is 0.469. The Morgan fingerprint density at radius 1 is 1.14 bits per heavy atom. The predicted octanol–water partition coefficient (Wildman–Crippen LogP) is -2.32. The summed E-state index contributed by atoms with van der Waals surface area (Å²) >= 11 is 0. The quantitative estimate of drug-likeness (QED) is 0.262. The van der Waals surface area contributed by atoms with Gasteiger partial charge in [0.05, 0.1) is 0 Å². The fourth-order valence-corrected chi connectivity index (χ4v) is 0.207. The average molecular weight is 78.9 g/mol. The van der Waals surface area contributed by atoms with Crippen LogP contribution in [0.15, 0.2) is 0 Å². The molecule has 0 unspecified atom stereocenters. The zero-order valence-electron chi connectivity index (χ0n) is 4.17. The number of hydrogen-bond donors (Lipinski definition) is 0. The van der Waals surface area contributed by atoms with Crippen molar-refractivity contribution >= 4 is 49.3 Å². The topological polar surface area (TPSA) is 0 Å². The predicted molar refractivity (Wildman–Crippen MR) is 41.6 cm³/mol. The Labute approximate surface area is 50.0 Å². The van der Waals surface area contributed by atoms with Gasteiger partial charge in [0.2, 0.25) is 0 Å². The molecule has 0 saturated heterocycles. The van der Waals surface area contributed by atoms with Gasteiger partial charge in [0.25, 0.3) is 0 Å². The van der Waals surface area contributed by atoms with Crippen LogP contribution in [-0.2, 0) is 0 Å². The molecule has 0 amide bonds. The van der Waals surface area contributed by atoms with Gasteiger partial charge in [-0.25, -0.2) is 0 Å². The van der Waals surface area contributed by atoms with Crippen molar-refractivity contribution in [1.82, 2.24) is 0 Å². The first kappa shape index (κ1) is 7.26. The zero-order valence-corrected chi connectivity index (χ0v) is 4.17. The van der Waals surface area contributed by atoms with Gasteiger partial charge in [-0.3, -0.25) is 0 Å². The molecule has 0 bridgehead atoms. The molecule has 0 nitrogen and oxygen atoms in total. The third kappa shape index (κ3) is 6.26. The standard InChI is InChI=1S/CH2B6/c1-3-5-7-6-4-2/h1H2. The molecule has 0 fully saturated rings. The van der Waals surface area contributed by atoms with Gasteiger partial charge in [-0.1, -0.05) is 0 Å². The van der Waals surface area contributed by atoms with Gasteiger partial charge >= 0.3 is 49.3 Å². The number of hydrogen-bond acceptors (Lipinski definition) is 0.